The van der Waals surface area contributed by atoms with Crippen LogP contribution in [0.4, 0.5) is 13.2 Å². The Morgan fingerprint density at radius 3 is 2.19 bits per heavy atom. The third-order valence-electron chi connectivity index (χ3n) is 5.27. The van der Waals surface area contributed by atoms with E-state index in [1.54, 1.807) is 38.1 Å². The number of hydrogen-bond acceptors (Lipinski definition) is 5. The van der Waals surface area contributed by atoms with E-state index in [-0.39, 0.29) is 29.6 Å². The minimum absolute atomic E-state index is 0.119. The van der Waals surface area contributed by atoms with Gasteiger partial charge < -0.3 is 24.3 Å². The molecular weight excluding hydrogens is 479 g/mol. The van der Waals surface area contributed by atoms with Crippen LogP contribution in [0.5, 0.6) is 11.5 Å². The first-order valence-electron chi connectivity index (χ1n) is 11.1. The minimum atomic E-state index is -4.47. The Morgan fingerprint density at radius 1 is 1.03 bits per heavy atom. The number of Topliss-reactive ketones (excluding diaryl/α,β-unsaturated/α-hetero) is 1. The highest BCUT2D eigenvalue weighted by molar-refractivity contribution is 6.05. The molecule has 0 spiro atoms. The molecular formula is C26H26F3NO6. The molecule has 0 aliphatic heterocycles. The lowest BCUT2D eigenvalue weighted by Crippen LogP contribution is -2.29. The van der Waals surface area contributed by atoms with E-state index < -0.39 is 36.2 Å². The van der Waals surface area contributed by atoms with Crippen molar-refractivity contribution in [1.82, 2.24) is 4.98 Å². The molecule has 0 radical (unpaired) electrons. The lowest BCUT2D eigenvalue weighted by Gasteiger charge is -2.16. The van der Waals surface area contributed by atoms with Crippen LogP contribution in [0, 0.1) is 0 Å². The predicted molar refractivity (Wildman–Crippen MR) is 125 cm³/mol. The van der Waals surface area contributed by atoms with Gasteiger partial charge in [0.05, 0.1) is 30.0 Å². The number of methoxy groups -OCH3 is 1. The number of alkyl halides is 3. The summed E-state index contributed by atoms with van der Waals surface area (Å²) in [6.45, 7) is 3.10. The second kappa shape index (κ2) is 11.3. The Labute approximate surface area is 205 Å². The number of halogens is 3. The Hall–Kier alpha value is -3.79. The molecule has 2 N–H and O–H groups in total. The summed E-state index contributed by atoms with van der Waals surface area (Å²) in [5, 5.41) is 9.38. The van der Waals surface area contributed by atoms with Crippen LogP contribution in [0.25, 0.3) is 11.3 Å². The van der Waals surface area contributed by atoms with E-state index >= 15 is 0 Å². The Morgan fingerprint density at radius 2 is 1.67 bits per heavy atom. The van der Waals surface area contributed by atoms with Crippen LogP contribution in [-0.2, 0) is 22.1 Å². The highest BCUT2D eigenvalue weighted by Gasteiger charge is 2.30. The Bertz CT molecular complexity index is 1180. The number of benzene rings is 2. The fraction of sp³-hybridized carbons (Fsp3) is 0.308. The number of hydrogen-bond donors (Lipinski definition) is 2. The molecule has 1 atom stereocenters. The molecule has 0 aliphatic carbocycles. The van der Waals surface area contributed by atoms with Crippen molar-refractivity contribution in [3.8, 4) is 22.8 Å². The van der Waals surface area contributed by atoms with Crippen molar-refractivity contribution in [2.45, 2.75) is 38.7 Å². The van der Waals surface area contributed by atoms with E-state index in [0.717, 1.165) is 29.8 Å². The second-order valence-electron chi connectivity index (χ2n) is 8.25. The standard InChI is InChI=1S/C26H26F3NO6/c1-15(2)36-21(25(32)33)12-16-4-6-17(7-5-16)24-23(22(34-3)13-30-24)20(31)14-35-19-10-8-18(9-11-19)26(27,28)29/h4-11,13,15,21,30H,12,14H2,1-3H3,(H,32,33). The number of carbonyl (C=O) groups excluding carboxylic acids is 1. The highest BCUT2D eigenvalue weighted by Crippen LogP contribution is 2.32. The van der Waals surface area contributed by atoms with E-state index in [1.807, 2.05) is 0 Å². The molecule has 3 rings (SSSR count). The summed E-state index contributed by atoms with van der Waals surface area (Å²) in [5.74, 6) is -1.09. The minimum Gasteiger partial charge on any atom is -0.494 e. The maximum Gasteiger partial charge on any atom is 0.416 e. The smallest absolute Gasteiger partial charge is 0.416 e. The number of carboxylic acids is 1. The van der Waals surface area contributed by atoms with E-state index in [1.165, 1.54) is 13.3 Å². The molecule has 192 valence electrons. The number of aromatic nitrogens is 1. The SMILES string of the molecule is COc1c[nH]c(-c2ccc(CC(OC(C)C)C(=O)O)cc2)c1C(=O)COc1ccc(C(F)(F)F)cc1. The molecule has 7 nitrogen and oxygen atoms in total. The summed E-state index contributed by atoms with van der Waals surface area (Å²) < 4.78 is 54.4. The highest BCUT2D eigenvalue weighted by atomic mass is 19.4. The van der Waals surface area contributed by atoms with Gasteiger partial charge in [-0.05, 0) is 49.2 Å². The molecule has 2 aromatic carbocycles. The van der Waals surface area contributed by atoms with Gasteiger partial charge in [0.1, 0.15) is 11.5 Å². The van der Waals surface area contributed by atoms with Gasteiger partial charge in [0.25, 0.3) is 0 Å². The zero-order chi connectivity index (χ0) is 26.5. The number of carbonyl (C=O) groups is 2. The van der Waals surface area contributed by atoms with Crippen LogP contribution >= 0.6 is 0 Å². The van der Waals surface area contributed by atoms with E-state index in [4.69, 9.17) is 14.2 Å². The van der Waals surface area contributed by atoms with Crippen molar-refractivity contribution in [3.63, 3.8) is 0 Å². The first-order chi connectivity index (χ1) is 17.0. The van der Waals surface area contributed by atoms with E-state index in [9.17, 15) is 27.9 Å². The van der Waals surface area contributed by atoms with Gasteiger partial charge in [-0.3, -0.25) is 4.79 Å². The number of nitrogens with one attached hydrogen (secondary N) is 1. The zero-order valence-electron chi connectivity index (χ0n) is 19.9. The van der Waals surface area contributed by atoms with Crippen LogP contribution < -0.4 is 9.47 Å². The first kappa shape index (κ1) is 26.8. The van der Waals surface area contributed by atoms with Crippen molar-refractivity contribution < 1.29 is 42.1 Å². The average Bonchev–Trinajstić information content (AvgIpc) is 3.26. The summed E-state index contributed by atoms with van der Waals surface area (Å²) in [5.41, 5.74) is 1.27. The van der Waals surface area contributed by atoms with Crippen LogP contribution in [0.1, 0.15) is 35.3 Å². The van der Waals surface area contributed by atoms with Gasteiger partial charge in [0.15, 0.2) is 12.7 Å². The van der Waals surface area contributed by atoms with Crippen LogP contribution in [0.3, 0.4) is 0 Å². The Kier molecular flexibility index (Phi) is 8.41. The number of rotatable bonds is 11. The normalized spacial score (nSPS) is 12.4. The van der Waals surface area contributed by atoms with Gasteiger partial charge in [0, 0.05) is 12.6 Å². The summed E-state index contributed by atoms with van der Waals surface area (Å²) in [7, 11) is 1.41. The quantitative estimate of drug-likeness (QED) is 0.339. The van der Waals surface area contributed by atoms with Crippen LogP contribution in [-0.4, -0.2) is 47.8 Å². The molecule has 0 saturated carbocycles. The summed E-state index contributed by atoms with van der Waals surface area (Å²) in [6, 6.07) is 11.0. The topological polar surface area (TPSA) is 97.9 Å². The van der Waals surface area contributed by atoms with E-state index in [2.05, 4.69) is 4.98 Å². The van der Waals surface area contributed by atoms with Crippen molar-refractivity contribution >= 4 is 11.8 Å². The van der Waals surface area contributed by atoms with Gasteiger partial charge in [-0.2, -0.15) is 13.2 Å². The maximum atomic E-state index is 13.0. The molecule has 3 aromatic rings. The number of aliphatic carboxylic acids is 1. The molecule has 0 fully saturated rings. The Balaban J connectivity index is 1.75. The molecule has 1 unspecified atom stereocenters. The van der Waals surface area contributed by atoms with Crippen LogP contribution in [0.2, 0.25) is 0 Å². The number of H-pyrrole nitrogens is 1. The molecule has 1 heterocycles. The van der Waals surface area contributed by atoms with Gasteiger partial charge >= 0.3 is 12.1 Å². The third-order valence-corrected chi connectivity index (χ3v) is 5.27. The molecule has 0 saturated heterocycles. The van der Waals surface area contributed by atoms with Crippen LogP contribution in [0.15, 0.2) is 54.7 Å². The molecule has 0 bridgehead atoms. The maximum absolute atomic E-state index is 13.0. The lowest BCUT2D eigenvalue weighted by atomic mass is 10.0. The van der Waals surface area contributed by atoms with Gasteiger partial charge in [-0.25, -0.2) is 4.79 Å². The summed E-state index contributed by atoms with van der Waals surface area (Å²) >= 11 is 0. The van der Waals surface area contributed by atoms with Gasteiger partial charge in [-0.1, -0.05) is 24.3 Å². The van der Waals surface area contributed by atoms with E-state index in [0.29, 0.717) is 11.3 Å². The van der Waals surface area contributed by atoms with Gasteiger partial charge in [-0.15, -0.1) is 0 Å². The van der Waals surface area contributed by atoms with Crippen molar-refractivity contribution in [1.29, 1.82) is 0 Å². The largest absolute Gasteiger partial charge is 0.494 e. The third kappa shape index (κ3) is 6.66. The van der Waals surface area contributed by atoms with Gasteiger partial charge in [0.2, 0.25) is 5.78 Å². The molecule has 36 heavy (non-hydrogen) atoms. The fourth-order valence-electron chi connectivity index (χ4n) is 3.58. The molecule has 10 heteroatoms. The summed E-state index contributed by atoms with van der Waals surface area (Å²) in [6.07, 6.45) is -4.00. The number of ketones is 1. The monoisotopic (exact) mass is 505 g/mol. The fourth-order valence-corrected chi connectivity index (χ4v) is 3.58. The van der Waals surface area contributed by atoms with Crippen molar-refractivity contribution in [3.05, 3.63) is 71.4 Å². The first-order valence-corrected chi connectivity index (χ1v) is 11.1. The average molecular weight is 505 g/mol. The lowest BCUT2D eigenvalue weighted by molar-refractivity contribution is -0.153. The number of aromatic amines is 1. The summed E-state index contributed by atoms with van der Waals surface area (Å²) in [4.78, 5) is 27.5. The molecule has 1 aromatic heterocycles. The van der Waals surface area contributed by atoms with Crippen molar-refractivity contribution in [2.24, 2.45) is 0 Å². The predicted octanol–water partition coefficient (Wildman–Crippen LogP) is 5.39. The van der Waals surface area contributed by atoms with Crippen molar-refractivity contribution in [2.75, 3.05) is 13.7 Å². The second-order valence-corrected chi connectivity index (χ2v) is 8.25. The zero-order valence-corrected chi connectivity index (χ0v) is 19.9. The molecule has 0 amide bonds. The molecule has 0 aliphatic rings. The number of carboxylic acid groups (broad SMARTS) is 1. The number of ether oxygens (including phenoxy) is 3.